The fourth-order valence-corrected chi connectivity index (χ4v) is 5.14. The van der Waals surface area contributed by atoms with Gasteiger partial charge in [-0.1, -0.05) is 6.92 Å². The molecule has 2 aliphatic heterocycles. The SMILES string of the molecule is CC[C@@H]1CN=CC2=C(SC)S(=O)C(c3ccn[nH]3)=C21. The summed E-state index contributed by atoms with van der Waals surface area (Å²) in [6.45, 7) is 2.94. The Balaban J connectivity index is 2.22. The predicted octanol–water partition coefficient (Wildman–Crippen LogP) is 2.57. The van der Waals surface area contributed by atoms with Crippen LogP contribution in [-0.4, -0.2) is 33.4 Å². The number of fused-ring (bicyclic) bond motifs is 1. The lowest BCUT2D eigenvalue weighted by Gasteiger charge is -2.20. The highest BCUT2D eigenvalue weighted by Crippen LogP contribution is 2.46. The molecule has 0 aromatic carbocycles. The van der Waals surface area contributed by atoms with Crippen LogP contribution >= 0.6 is 11.8 Å². The van der Waals surface area contributed by atoms with Crippen molar-refractivity contribution in [1.82, 2.24) is 10.2 Å². The molecule has 100 valence electrons. The standard InChI is InChI=1S/C13H15N3OS2/c1-3-8-6-14-7-9-11(8)12(10-4-5-15-16-10)19(17)13(9)18-2/h4-5,7-8H,3,6H2,1-2H3,(H,15,16)/t8-,19?/m1/s1. The Morgan fingerprint density at radius 2 is 2.42 bits per heavy atom. The van der Waals surface area contributed by atoms with E-state index >= 15 is 0 Å². The van der Waals surface area contributed by atoms with Gasteiger partial charge >= 0.3 is 0 Å². The van der Waals surface area contributed by atoms with Gasteiger partial charge in [-0.05, 0) is 24.3 Å². The van der Waals surface area contributed by atoms with E-state index in [-0.39, 0.29) is 0 Å². The van der Waals surface area contributed by atoms with Crippen LogP contribution in [0.15, 0.2) is 32.6 Å². The highest BCUT2D eigenvalue weighted by Gasteiger charge is 2.36. The number of hydrogen-bond acceptors (Lipinski definition) is 4. The predicted molar refractivity (Wildman–Crippen MR) is 81.3 cm³/mol. The normalized spacial score (nSPS) is 26.2. The van der Waals surface area contributed by atoms with Crippen LogP contribution in [0.2, 0.25) is 0 Å². The Morgan fingerprint density at radius 3 is 3.05 bits per heavy atom. The smallest absolute Gasteiger partial charge is 0.0946 e. The fraction of sp³-hybridized carbons (Fsp3) is 0.385. The minimum atomic E-state index is -1.11. The molecule has 1 aromatic heterocycles. The van der Waals surface area contributed by atoms with Gasteiger partial charge in [0.15, 0.2) is 0 Å². The molecule has 0 aliphatic carbocycles. The van der Waals surface area contributed by atoms with Crippen molar-refractivity contribution in [1.29, 1.82) is 0 Å². The molecule has 1 N–H and O–H groups in total. The van der Waals surface area contributed by atoms with Crippen LogP contribution < -0.4 is 0 Å². The lowest BCUT2D eigenvalue weighted by atomic mass is 9.88. The van der Waals surface area contributed by atoms with Crippen LogP contribution in [0.3, 0.4) is 0 Å². The average Bonchev–Trinajstić information content (AvgIpc) is 3.03. The summed E-state index contributed by atoms with van der Waals surface area (Å²) in [5, 5.41) is 6.94. The van der Waals surface area contributed by atoms with Gasteiger partial charge in [-0.3, -0.25) is 10.1 Å². The monoisotopic (exact) mass is 293 g/mol. The molecule has 2 atom stereocenters. The highest BCUT2D eigenvalue weighted by molar-refractivity contribution is 8.19. The second-order valence-corrected chi connectivity index (χ2v) is 6.92. The molecule has 3 heterocycles. The summed E-state index contributed by atoms with van der Waals surface area (Å²) in [6, 6.07) is 1.89. The zero-order chi connectivity index (χ0) is 13.4. The number of aromatic amines is 1. The number of thioether (sulfide) groups is 1. The van der Waals surface area contributed by atoms with E-state index in [4.69, 9.17) is 0 Å². The van der Waals surface area contributed by atoms with Gasteiger partial charge in [0.2, 0.25) is 0 Å². The summed E-state index contributed by atoms with van der Waals surface area (Å²) in [4.78, 5) is 5.33. The summed E-state index contributed by atoms with van der Waals surface area (Å²) < 4.78 is 13.6. The molecule has 0 fully saturated rings. The van der Waals surface area contributed by atoms with Crippen LogP contribution in [0.4, 0.5) is 0 Å². The number of aliphatic imine (C=N–C) groups is 1. The van der Waals surface area contributed by atoms with E-state index in [2.05, 4.69) is 22.1 Å². The molecule has 3 rings (SSSR count). The van der Waals surface area contributed by atoms with Gasteiger partial charge in [0.05, 0.1) is 25.6 Å². The summed E-state index contributed by atoms with van der Waals surface area (Å²) in [7, 11) is -1.11. The van der Waals surface area contributed by atoms with E-state index in [0.29, 0.717) is 5.92 Å². The van der Waals surface area contributed by atoms with Crippen molar-refractivity contribution in [3.8, 4) is 0 Å². The Kier molecular flexibility index (Phi) is 3.45. The zero-order valence-corrected chi connectivity index (χ0v) is 12.5. The van der Waals surface area contributed by atoms with Crippen molar-refractivity contribution in [3.63, 3.8) is 0 Å². The average molecular weight is 293 g/mol. The van der Waals surface area contributed by atoms with Crippen molar-refractivity contribution in [3.05, 3.63) is 33.3 Å². The minimum Gasteiger partial charge on any atom is -0.292 e. The Hall–Kier alpha value is -1.14. The lowest BCUT2D eigenvalue weighted by Crippen LogP contribution is -2.15. The lowest BCUT2D eigenvalue weighted by molar-refractivity contribution is 0.610. The van der Waals surface area contributed by atoms with Crippen LogP contribution in [0, 0.1) is 5.92 Å². The van der Waals surface area contributed by atoms with Crippen molar-refractivity contribution in [2.24, 2.45) is 10.9 Å². The van der Waals surface area contributed by atoms with E-state index in [1.165, 1.54) is 5.57 Å². The second kappa shape index (κ2) is 5.09. The summed E-state index contributed by atoms with van der Waals surface area (Å²) >= 11 is 1.55. The molecular formula is C13H15N3OS2. The van der Waals surface area contributed by atoms with Crippen LogP contribution in [-0.2, 0) is 10.8 Å². The first-order chi connectivity index (χ1) is 9.27. The first kappa shape index (κ1) is 12.9. The first-order valence-corrected chi connectivity index (χ1v) is 8.59. The molecule has 0 radical (unpaired) electrons. The molecule has 0 saturated carbocycles. The molecule has 0 amide bonds. The highest BCUT2D eigenvalue weighted by atomic mass is 32.2. The summed E-state index contributed by atoms with van der Waals surface area (Å²) in [6.07, 6.45) is 6.56. The molecule has 0 saturated heterocycles. The number of hydrogen-bond donors (Lipinski definition) is 1. The molecule has 19 heavy (non-hydrogen) atoms. The number of aromatic nitrogens is 2. The molecular weight excluding hydrogens is 278 g/mol. The van der Waals surface area contributed by atoms with Crippen molar-refractivity contribution in [2.75, 3.05) is 12.8 Å². The molecule has 2 aliphatic rings. The van der Waals surface area contributed by atoms with Crippen molar-refractivity contribution in [2.45, 2.75) is 13.3 Å². The molecule has 6 heteroatoms. The van der Waals surface area contributed by atoms with Gasteiger partial charge in [0.1, 0.15) is 0 Å². The van der Waals surface area contributed by atoms with Gasteiger partial charge < -0.3 is 0 Å². The van der Waals surface area contributed by atoms with E-state index in [1.54, 1.807) is 18.0 Å². The Bertz CT molecular complexity index is 614. The van der Waals surface area contributed by atoms with E-state index in [9.17, 15) is 4.21 Å². The van der Waals surface area contributed by atoms with Gasteiger partial charge in [0.25, 0.3) is 0 Å². The Morgan fingerprint density at radius 1 is 1.58 bits per heavy atom. The first-order valence-electron chi connectivity index (χ1n) is 6.22. The van der Waals surface area contributed by atoms with Gasteiger partial charge in [-0.2, -0.15) is 5.10 Å². The van der Waals surface area contributed by atoms with Gasteiger partial charge in [-0.15, -0.1) is 11.8 Å². The maximum atomic E-state index is 12.7. The second-order valence-electron chi connectivity index (χ2n) is 4.49. The zero-order valence-electron chi connectivity index (χ0n) is 10.8. The molecule has 4 nitrogen and oxygen atoms in total. The van der Waals surface area contributed by atoms with Crippen molar-refractivity contribution < 1.29 is 4.21 Å². The number of rotatable bonds is 3. The minimum absolute atomic E-state index is 0.354. The number of H-pyrrole nitrogens is 1. The quantitative estimate of drug-likeness (QED) is 0.932. The topological polar surface area (TPSA) is 58.1 Å². The maximum Gasteiger partial charge on any atom is 0.0946 e. The largest absolute Gasteiger partial charge is 0.292 e. The van der Waals surface area contributed by atoms with Crippen molar-refractivity contribution >= 4 is 33.7 Å². The third kappa shape index (κ3) is 1.94. The van der Waals surface area contributed by atoms with E-state index in [0.717, 1.165) is 33.4 Å². The molecule has 0 bridgehead atoms. The fourth-order valence-electron chi connectivity index (χ4n) is 2.56. The third-order valence-corrected chi connectivity index (χ3v) is 6.40. The van der Waals surface area contributed by atoms with Gasteiger partial charge in [0, 0.05) is 30.4 Å². The van der Waals surface area contributed by atoms with Crippen LogP contribution in [0.25, 0.3) is 4.91 Å². The summed E-state index contributed by atoms with van der Waals surface area (Å²) in [5.41, 5.74) is 3.13. The van der Waals surface area contributed by atoms with Gasteiger partial charge in [-0.25, -0.2) is 4.21 Å². The number of nitrogens with zero attached hydrogens (tertiary/aromatic N) is 2. The summed E-state index contributed by atoms with van der Waals surface area (Å²) in [5.74, 6) is 0.354. The number of allylic oxidation sites excluding steroid dienone is 1. The maximum absolute atomic E-state index is 12.7. The molecule has 1 unspecified atom stereocenters. The van der Waals surface area contributed by atoms with E-state index in [1.807, 2.05) is 18.5 Å². The molecule has 1 aromatic rings. The molecule has 0 spiro atoms. The number of nitrogens with one attached hydrogen (secondary N) is 1. The van der Waals surface area contributed by atoms with E-state index < -0.39 is 10.8 Å². The Labute approximate surface area is 118 Å². The van der Waals surface area contributed by atoms with Crippen LogP contribution in [0.1, 0.15) is 19.0 Å². The van der Waals surface area contributed by atoms with Crippen LogP contribution in [0.5, 0.6) is 0 Å². The third-order valence-electron chi connectivity index (χ3n) is 3.49.